The smallest absolute Gasteiger partial charge is 0.294 e. The minimum atomic E-state index is -3.68. The zero-order valence-electron chi connectivity index (χ0n) is 14.8. The van der Waals surface area contributed by atoms with Gasteiger partial charge in [-0.15, -0.1) is 0 Å². The molecule has 6 heteroatoms. The van der Waals surface area contributed by atoms with Crippen molar-refractivity contribution in [2.45, 2.75) is 57.8 Å². The molecule has 1 aromatic rings. The summed E-state index contributed by atoms with van der Waals surface area (Å²) >= 11 is 0. The van der Waals surface area contributed by atoms with Crippen LogP contribution in [0.2, 0.25) is 0 Å². The minimum Gasteiger partial charge on any atom is -0.491 e. The predicted octanol–water partition coefficient (Wildman–Crippen LogP) is 4.13. The SMILES string of the molecule is CCCCCCCCOS(=O)(=O)C(C)OCCOc1ccccc1. The highest BCUT2D eigenvalue weighted by Gasteiger charge is 2.22. The van der Waals surface area contributed by atoms with Crippen LogP contribution in [0.1, 0.15) is 52.4 Å². The highest BCUT2D eigenvalue weighted by Crippen LogP contribution is 2.11. The van der Waals surface area contributed by atoms with E-state index in [2.05, 4.69) is 6.92 Å². The van der Waals surface area contributed by atoms with E-state index in [1.807, 2.05) is 30.3 Å². The summed E-state index contributed by atoms with van der Waals surface area (Å²) in [6.45, 7) is 4.36. The average molecular weight is 359 g/mol. The third-order valence-corrected chi connectivity index (χ3v) is 5.04. The second kappa shape index (κ2) is 12.3. The fourth-order valence-corrected chi connectivity index (χ4v) is 2.93. The number of benzene rings is 1. The minimum absolute atomic E-state index is 0.190. The van der Waals surface area contributed by atoms with E-state index in [4.69, 9.17) is 13.7 Å². The highest BCUT2D eigenvalue weighted by molar-refractivity contribution is 7.87. The quantitative estimate of drug-likeness (QED) is 0.369. The van der Waals surface area contributed by atoms with Crippen LogP contribution < -0.4 is 4.74 Å². The Labute approximate surface area is 146 Å². The van der Waals surface area contributed by atoms with E-state index in [9.17, 15) is 8.42 Å². The van der Waals surface area contributed by atoms with Crippen LogP contribution in [0.4, 0.5) is 0 Å². The first kappa shape index (κ1) is 20.9. The molecule has 0 amide bonds. The van der Waals surface area contributed by atoms with E-state index >= 15 is 0 Å². The van der Waals surface area contributed by atoms with Crippen LogP contribution >= 0.6 is 0 Å². The first-order valence-electron chi connectivity index (χ1n) is 8.74. The largest absolute Gasteiger partial charge is 0.491 e. The van der Waals surface area contributed by atoms with E-state index in [1.54, 1.807) is 0 Å². The van der Waals surface area contributed by atoms with Gasteiger partial charge in [-0.05, 0) is 25.5 Å². The molecule has 0 aliphatic rings. The van der Waals surface area contributed by atoms with Gasteiger partial charge in [0.2, 0.25) is 0 Å². The summed E-state index contributed by atoms with van der Waals surface area (Å²) in [7, 11) is -3.68. The van der Waals surface area contributed by atoms with E-state index in [0.717, 1.165) is 25.0 Å². The second-order valence-electron chi connectivity index (χ2n) is 5.68. The maximum Gasteiger partial charge on any atom is 0.294 e. The van der Waals surface area contributed by atoms with Crippen molar-refractivity contribution in [3.63, 3.8) is 0 Å². The lowest BCUT2D eigenvalue weighted by Crippen LogP contribution is -2.25. The zero-order valence-corrected chi connectivity index (χ0v) is 15.6. The molecule has 1 rings (SSSR count). The van der Waals surface area contributed by atoms with Gasteiger partial charge in [0.15, 0.2) is 5.44 Å². The van der Waals surface area contributed by atoms with Gasteiger partial charge in [-0.1, -0.05) is 57.2 Å². The standard InChI is InChI=1S/C18H30O5S/c1-3-4-5-6-7-11-14-23-24(19,20)17(2)21-15-16-22-18-12-9-8-10-13-18/h8-10,12-13,17H,3-7,11,14-16H2,1-2H3. The third kappa shape index (κ3) is 9.25. The molecular formula is C18H30O5S. The molecule has 0 saturated carbocycles. The third-order valence-electron chi connectivity index (χ3n) is 3.60. The summed E-state index contributed by atoms with van der Waals surface area (Å²) in [6.07, 6.45) is 6.51. The molecule has 1 unspecified atom stereocenters. The van der Waals surface area contributed by atoms with Crippen LogP contribution in [0, 0.1) is 0 Å². The monoisotopic (exact) mass is 358 g/mol. The van der Waals surface area contributed by atoms with Crippen molar-refractivity contribution in [1.29, 1.82) is 0 Å². The molecule has 1 aromatic carbocycles. The molecular weight excluding hydrogens is 328 g/mol. The Morgan fingerprint density at radius 3 is 2.29 bits per heavy atom. The molecule has 0 spiro atoms. The summed E-state index contributed by atoms with van der Waals surface area (Å²) in [5.41, 5.74) is -0.989. The van der Waals surface area contributed by atoms with Gasteiger partial charge in [0.1, 0.15) is 12.4 Å². The maximum atomic E-state index is 11.9. The number of unbranched alkanes of at least 4 members (excludes halogenated alkanes) is 5. The van der Waals surface area contributed by atoms with Crippen molar-refractivity contribution >= 4 is 10.1 Å². The Bertz CT molecular complexity index is 515. The summed E-state index contributed by atoms with van der Waals surface area (Å²) in [6, 6.07) is 9.32. The van der Waals surface area contributed by atoms with Gasteiger partial charge in [0.25, 0.3) is 10.1 Å². The molecule has 0 bridgehead atoms. The fraction of sp³-hybridized carbons (Fsp3) is 0.667. The van der Waals surface area contributed by atoms with E-state index < -0.39 is 15.6 Å². The van der Waals surface area contributed by atoms with E-state index in [-0.39, 0.29) is 13.2 Å². The van der Waals surface area contributed by atoms with Gasteiger partial charge in [0.05, 0.1) is 13.2 Å². The Balaban J connectivity index is 2.12. The summed E-state index contributed by atoms with van der Waals surface area (Å²) in [5.74, 6) is 0.732. The lowest BCUT2D eigenvalue weighted by Gasteiger charge is -2.14. The molecule has 0 saturated heterocycles. The Morgan fingerprint density at radius 1 is 0.917 bits per heavy atom. The number of para-hydroxylation sites is 1. The highest BCUT2D eigenvalue weighted by atomic mass is 32.2. The topological polar surface area (TPSA) is 61.8 Å². The lowest BCUT2D eigenvalue weighted by molar-refractivity contribution is 0.0781. The second-order valence-corrected chi connectivity index (χ2v) is 7.57. The predicted molar refractivity (Wildman–Crippen MR) is 95.6 cm³/mol. The van der Waals surface area contributed by atoms with Crippen LogP contribution in [0.25, 0.3) is 0 Å². The van der Waals surface area contributed by atoms with Crippen LogP contribution in [-0.2, 0) is 19.0 Å². The molecule has 0 aliphatic carbocycles. The fourth-order valence-electron chi connectivity index (χ4n) is 2.13. The first-order valence-corrected chi connectivity index (χ1v) is 10.2. The van der Waals surface area contributed by atoms with Crippen molar-refractivity contribution in [2.24, 2.45) is 0 Å². The molecule has 0 fully saturated rings. The first-order chi connectivity index (χ1) is 11.6. The number of rotatable bonds is 14. The molecule has 0 N–H and O–H groups in total. The average Bonchev–Trinajstić information content (AvgIpc) is 2.58. The van der Waals surface area contributed by atoms with Gasteiger partial charge in [-0.3, -0.25) is 4.18 Å². The van der Waals surface area contributed by atoms with Crippen LogP contribution in [0.3, 0.4) is 0 Å². The Hall–Kier alpha value is -1.11. The van der Waals surface area contributed by atoms with E-state index in [1.165, 1.54) is 26.2 Å². The van der Waals surface area contributed by atoms with Gasteiger partial charge < -0.3 is 9.47 Å². The van der Waals surface area contributed by atoms with Crippen LogP contribution in [0.5, 0.6) is 5.75 Å². The van der Waals surface area contributed by atoms with Crippen molar-refractivity contribution < 1.29 is 22.1 Å². The van der Waals surface area contributed by atoms with E-state index in [0.29, 0.717) is 6.61 Å². The van der Waals surface area contributed by atoms with Crippen molar-refractivity contribution in [1.82, 2.24) is 0 Å². The van der Waals surface area contributed by atoms with Crippen molar-refractivity contribution in [3.8, 4) is 5.75 Å². The number of hydrogen-bond donors (Lipinski definition) is 0. The van der Waals surface area contributed by atoms with Crippen LogP contribution in [-0.4, -0.2) is 33.7 Å². The molecule has 0 aliphatic heterocycles. The lowest BCUT2D eigenvalue weighted by atomic mass is 10.1. The molecule has 24 heavy (non-hydrogen) atoms. The maximum absolute atomic E-state index is 11.9. The normalized spacial score (nSPS) is 12.9. The summed E-state index contributed by atoms with van der Waals surface area (Å²) in [4.78, 5) is 0. The molecule has 138 valence electrons. The van der Waals surface area contributed by atoms with Crippen molar-refractivity contribution in [2.75, 3.05) is 19.8 Å². The van der Waals surface area contributed by atoms with Gasteiger partial charge >= 0.3 is 0 Å². The Kier molecular flexibility index (Phi) is 10.7. The number of ether oxygens (including phenoxy) is 2. The molecule has 0 radical (unpaired) electrons. The zero-order chi connectivity index (χ0) is 17.7. The van der Waals surface area contributed by atoms with Crippen LogP contribution in [0.15, 0.2) is 30.3 Å². The molecule has 0 aromatic heterocycles. The number of hydrogen-bond acceptors (Lipinski definition) is 5. The Morgan fingerprint density at radius 2 is 1.58 bits per heavy atom. The van der Waals surface area contributed by atoms with Gasteiger partial charge in [-0.25, -0.2) is 0 Å². The molecule has 5 nitrogen and oxygen atoms in total. The summed E-state index contributed by atoms with van der Waals surface area (Å²) < 4.78 is 39.7. The molecule has 0 heterocycles. The van der Waals surface area contributed by atoms with Crippen molar-refractivity contribution in [3.05, 3.63) is 30.3 Å². The van der Waals surface area contributed by atoms with Gasteiger partial charge in [-0.2, -0.15) is 8.42 Å². The summed E-state index contributed by atoms with van der Waals surface area (Å²) in [5, 5.41) is 0. The van der Waals surface area contributed by atoms with Gasteiger partial charge in [0, 0.05) is 0 Å². The molecule has 1 atom stereocenters.